The molecule has 0 radical (unpaired) electrons. The summed E-state index contributed by atoms with van der Waals surface area (Å²) in [6, 6.07) is 8.42. The van der Waals surface area contributed by atoms with E-state index < -0.39 is 0 Å². The molecule has 1 aliphatic heterocycles. The number of methoxy groups -OCH3 is 2. The van der Waals surface area contributed by atoms with Crippen LogP contribution in [0.5, 0.6) is 11.5 Å². The molecular formula is C19H21BrN2O5. The zero-order valence-corrected chi connectivity index (χ0v) is 16.7. The van der Waals surface area contributed by atoms with E-state index >= 15 is 0 Å². The summed E-state index contributed by atoms with van der Waals surface area (Å²) in [6.45, 7) is 1.13. The first-order chi connectivity index (χ1) is 13.0. The molecule has 7 nitrogen and oxygen atoms in total. The van der Waals surface area contributed by atoms with Crippen LogP contribution in [-0.2, 0) is 0 Å². The predicted molar refractivity (Wildman–Crippen MR) is 102 cm³/mol. The van der Waals surface area contributed by atoms with E-state index in [1.54, 1.807) is 42.3 Å². The number of piperidine rings is 1. The minimum atomic E-state index is -0.171. The molecule has 2 aromatic rings. The highest BCUT2D eigenvalue weighted by Gasteiger charge is 2.26. The Morgan fingerprint density at radius 3 is 2.41 bits per heavy atom. The molecule has 1 aromatic carbocycles. The number of carbonyl (C=O) groups is 2. The van der Waals surface area contributed by atoms with Crippen LogP contribution in [-0.4, -0.2) is 50.1 Å². The summed E-state index contributed by atoms with van der Waals surface area (Å²) in [5.41, 5.74) is 0.506. The van der Waals surface area contributed by atoms with Gasteiger partial charge in [-0.1, -0.05) is 0 Å². The zero-order chi connectivity index (χ0) is 19.4. The molecule has 1 aromatic heterocycles. The van der Waals surface area contributed by atoms with Gasteiger partial charge in [-0.05, 0) is 59.1 Å². The number of nitrogens with one attached hydrogen (secondary N) is 1. The van der Waals surface area contributed by atoms with Crippen LogP contribution in [0.1, 0.15) is 33.8 Å². The average molecular weight is 437 g/mol. The molecule has 0 unspecified atom stereocenters. The molecule has 0 spiro atoms. The van der Waals surface area contributed by atoms with E-state index in [0.717, 1.165) is 0 Å². The Morgan fingerprint density at radius 2 is 1.81 bits per heavy atom. The van der Waals surface area contributed by atoms with Crippen LogP contribution in [0.2, 0.25) is 0 Å². The van der Waals surface area contributed by atoms with Crippen molar-refractivity contribution in [3.63, 3.8) is 0 Å². The van der Waals surface area contributed by atoms with Gasteiger partial charge in [0.15, 0.2) is 21.9 Å². The van der Waals surface area contributed by atoms with E-state index in [-0.39, 0.29) is 17.9 Å². The first kappa shape index (κ1) is 19.3. The van der Waals surface area contributed by atoms with Gasteiger partial charge in [0.25, 0.3) is 11.8 Å². The minimum Gasteiger partial charge on any atom is -0.493 e. The van der Waals surface area contributed by atoms with E-state index in [2.05, 4.69) is 21.2 Å². The van der Waals surface area contributed by atoms with Crippen molar-refractivity contribution < 1.29 is 23.5 Å². The molecule has 0 atom stereocenters. The highest BCUT2D eigenvalue weighted by atomic mass is 79.9. The maximum absolute atomic E-state index is 12.5. The molecule has 3 rings (SSSR count). The molecule has 1 aliphatic rings. The van der Waals surface area contributed by atoms with Crippen molar-refractivity contribution in [1.82, 2.24) is 10.2 Å². The fraction of sp³-hybridized carbons (Fsp3) is 0.368. The van der Waals surface area contributed by atoms with Crippen LogP contribution in [0.15, 0.2) is 39.4 Å². The quantitative estimate of drug-likeness (QED) is 0.778. The number of halogens is 1. The SMILES string of the molecule is COc1ccc(C(=O)NC2CCN(C(=O)c3ccc(Br)o3)CC2)cc1OC. The number of benzene rings is 1. The summed E-state index contributed by atoms with van der Waals surface area (Å²) in [5.74, 6) is 1.09. The number of nitrogens with zero attached hydrogens (tertiary/aromatic N) is 1. The molecule has 8 heteroatoms. The lowest BCUT2D eigenvalue weighted by Crippen LogP contribution is -2.46. The Morgan fingerprint density at radius 1 is 1.11 bits per heavy atom. The van der Waals surface area contributed by atoms with Crippen molar-refractivity contribution in [2.45, 2.75) is 18.9 Å². The number of amides is 2. The van der Waals surface area contributed by atoms with Crippen LogP contribution in [0.25, 0.3) is 0 Å². The van der Waals surface area contributed by atoms with Crippen molar-refractivity contribution in [3.8, 4) is 11.5 Å². The summed E-state index contributed by atoms with van der Waals surface area (Å²) < 4.78 is 16.3. The maximum Gasteiger partial charge on any atom is 0.289 e. The van der Waals surface area contributed by atoms with Gasteiger partial charge < -0.3 is 24.1 Å². The van der Waals surface area contributed by atoms with Gasteiger partial charge in [-0.2, -0.15) is 0 Å². The van der Waals surface area contributed by atoms with Gasteiger partial charge >= 0.3 is 0 Å². The number of furan rings is 1. The summed E-state index contributed by atoms with van der Waals surface area (Å²) in [6.07, 6.45) is 1.37. The van der Waals surface area contributed by atoms with Crippen LogP contribution >= 0.6 is 15.9 Å². The lowest BCUT2D eigenvalue weighted by atomic mass is 10.0. The lowest BCUT2D eigenvalue weighted by Gasteiger charge is -2.31. The summed E-state index contributed by atoms with van der Waals surface area (Å²) in [7, 11) is 3.08. The lowest BCUT2D eigenvalue weighted by molar-refractivity contribution is 0.0666. The number of likely N-dealkylation sites (tertiary alicyclic amines) is 1. The molecule has 144 valence electrons. The largest absolute Gasteiger partial charge is 0.493 e. The highest BCUT2D eigenvalue weighted by molar-refractivity contribution is 9.10. The monoisotopic (exact) mass is 436 g/mol. The van der Waals surface area contributed by atoms with E-state index in [1.807, 2.05) is 0 Å². The summed E-state index contributed by atoms with van der Waals surface area (Å²) in [4.78, 5) is 26.6. The fourth-order valence-corrected chi connectivity index (χ4v) is 3.36. The van der Waals surface area contributed by atoms with Crippen LogP contribution < -0.4 is 14.8 Å². The maximum atomic E-state index is 12.5. The van der Waals surface area contributed by atoms with Gasteiger partial charge in [0.2, 0.25) is 0 Å². The molecule has 0 saturated carbocycles. The van der Waals surface area contributed by atoms with Crippen molar-refractivity contribution >= 4 is 27.7 Å². The normalized spacial score (nSPS) is 14.7. The second kappa shape index (κ2) is 8.47. The molecule has 2 amide bonds. The van der Waals surface area contributed by atoms with Gasteiger partial charge in [-0.3, -0.25) is 9.59 Å². The van der Waals surface area contributed by atoms with E-state index in [4.69, 9.17) is 13.9 Å². The Kier molecular flexibility index (Phi) is 6.05. The Bertz CT molecular complexity index is 827. The molecule has 0 bridgehead atoms. The molecule has 27 heavy (non-hydrogen) atoms. The van der Waals surface area contributed by atoms with Gasteiger partial charge in [-0.25, -0.2) is 0 Å². The number of hydrogen-bond acceptors (Lipinski definition) is 5. The fourth-order valence-electron chi connectivity index (χ4n) is 3.06. The third kappa shape index (κ3) is 4.44. The van der Waals surface area contributed by atoms with E-state index in [0.29, 0.717) is 53.4 Å². The average Bonchev–Trinajstić information content (AvgIpc) is 3.13. The van der Waals surface area contributed by atoms with Crippen molar-refractivity contribution in [2.75, 3.05) is 27.3 Å². The summed E-state index contributed by atoms with van der Waals surface area (Å²) in [5, 5.41) is 3.02. The van der Waals surface area contributed by atoms with Crippen LogP contribution in [0.3, 0.4) is 0 Å². The summed E-state index contributed by atoms with van der Waals surface area (Å²) >= 11 is 3.20. The third-order valence-electron chi connectivity index (χ3n) is 4.55. The molecule has 2 heterocycles. The van der Waals surface area contributed by atoms with E-state index in [1.165, 1.54) is 7.11 Å². The minimum absolute atomic E-state index is 0.0120. The Balaban J connectivity index is 1.56. The van der Waals surface area contributed by atoms with Crippen LogP contribution in [0, 0.1) is 0 Å². The smallest absolute Gasteiger partial charge is 0.289 e. The van der Waals surface area contributed by atoms with Gasteiger partial charge in [0.05, 0.1) is 14.2 Å². The Hall–Kier alpha value is -2.48. The zero-order valence-electron chi connectivity index (χ0n) is 15.2. The highest BCUT2D eigenvalue weighted by Crippen LogP contribution is 2.27. The van der Waals surface area contributed by atoms with Crippen molar-refractivity contribution in [1.29, 1.82) is 0 Å². The topological polar surface area (TPSA) is 81.0 Å². The third-order valence-corrected chi connectivity index (χ3v) is 4.97. The van der Waals surface area contributed by atoms with Gasteiger partial charge in [-0.15, -0.1) is 0 Å². The molecule has 1 fully saturated rings. The van der Waals surface area contributed by atoms with E-state index in [9.17, 15) is 9.59 Å². The van der Waals surface area contributed by atoms with Gasteiger partial charge in [0, 0.05) is 24.7 Å². The second-order valence-electron chi connectivity index (χ2n) is 6.21. The second-order valence-corrected chi connectivity index (χ2v) is 7.00. The Labute approximate surface area is 165 Å². The van der Waals surface area contributed by atoms with Crippen molar-refractivity contribution in [3.05, 3.63) is 46.3 Å². The number of rotatable bonds is 5. The first-order valence-electron chi connectivity index (χ1n) is 8.59. The number of carbonyl (C=O) groups excluding carboxylic acids is 2. The van der Waals surface area contributed by atoms with Crippen molar-refractivity contribution in [2.24, 2.45) is 0 Å². The standard InChI is InChI=1S/C19H21BrN2O5/c1-25-14-4-3-12(11-16(14)26-2)18(23)21-13-7-9-22(10-8-13)19(24)15-5-6-17(20)27-15/h3-6,11,13H,7-10H2,1-2H3,(H,21,23). The molecule has 0 aliphatic carbocycles. The first-order valence-corrected chi connectivity index (χ1v) is 9.38. The molecular weight excluding hydrogens is 416 g/mol. The number of hydrogen-bond donors (Lipinski definition) is 1. The predicted octanol–water partition coefficient (Wildman–Crippen LogP) is 3.09. The van der Waals surface area contributed by atoms with Crippen LogP contribution in [0.4, 0.5) is 0 Å². The van der Waals surface area contributed by atoms with Gasteiger partial charge in [0.1, 0.15) is 0 Å². The molecule has 1 N–H and O–H groups in total. The molecule has 1 saturated heterocycles. The number of ether oxygens (including phenoxy) is 2.